The summed E-state index contributed by atoms with van der Waals surface area (Å²) in [6.45, 7) is 3.89. The van der Waals surface area contributed by atoms with E-state index in [1.165, 1.54) is 6.20 Å². The van der Waals surface area contributed by atoms with Crippen LogP contribution in [0.4, 0.5) is 0 Å². The van der Waals surface area contributed by atoms with Crippen LogP contribution in [0.5, 0.6) is 5.75 Å². The van der Waals surface area contributed by atoms with Crippen molar-refractivity contribution in [2.45, 2.75) is 20.0 Å². The number of aromatic nitrogens is 3. The highest BCUT2D eigenvalue weighted by Crippen LogP contribution is 2.19. The number of H-pyrrole nitrogens is 1. The molecule has 0 aliphatic carbocycles. The minimum atomic E-state index is -0.238. The van der Waals surface area contributed by atoms with E-state index in [1.54, 1.807) is 18.6 Å². The predicted octanol–water partition coefficient (Wildman–Crippen LogP) is 1.62. The lowest BCUT2D eigenvalue weighted by Crippen LogP contribution is -2.07. The SMILES string of the molecule is CC(C)Oc1cncc(-c2cncc(=O)[nH]2)c1. The predicted molar refractivity (Wildman–Crippen MR) is 63.9 cm³/mol. The Labute approximate surface area is 98.5 Å². The van der Waals surface area contributed by atoms with Crippen LogP contribution in [0.15, 0.2) is 35.6 Å². The standard InChI is InChI=1S/C12H13N3O2/c1-8(2)17-10-3-9(4-13-5-10)11-6-14-7-12(16)15-11/h3-8H,1-2H3,(H,15,16). The van der Waals surface area contributed by atoms with Gasteiger partial charge in [-0.15, -0.1) is 0 Å². The summed E-state index contributed by atoms with van der Waals surface area (Å²) >= 11 is 0. The molecular formula is C12H13N3O2. The number of aromatic amines is 1. The zero-order chi connectivity index (χ0) is 12.3. The molecule has 0 fully saturated rings. The van der Waals surface area contributed by atoms with Gasteiger partial charge in [-0.3, -0.25) is 14.8 Å². The van der Waals surface area contributed by atoms with Crippen molar-refractivity contribution in [2.24, 2.45) is 0 Å². The Hall–Kier alpha value is -2.17. The fourth-order valence-electron chi connectivity index (χ4n) is 1.43. The molecule has 0 bridgehead atoms. The molecule has 0 unspecified atom stereocenters. The summed E-state index contributed by atoms with van der Waals surface area (Å²) in [6, 6.07) is 1.82. The average Bonchev–Trinajstić information content (AvgIpc) is 2.28. The van der Waals surface area contributed by atoms with Gasteiger partial charge >= 0.3 is 0 Å². The molecule has 17 heavy (non-hydrogen) atoms. The van der Waals surface area contributed by atoms with Gasteiger partial charge < -0.3 is 9.72 Å². The molecule has 0 aliphatic heterocycles. The van der Waals surface area contributed by atoms with E-state index in [1.807, 2.05) is 19.9 Å². The van der Waals surface area contributed by atoms with E-state index in [4.69, 9.17) is 4.74 Å². The highest BCUT2D eigenvalue weighted by Gasteiger charge is 2.03. The summed E-state index contributed by atoms with van der Waals surface area (Å²) < 4.78 is 5.53. The lowest BCUT2D eigenvalue weighted by molar-refractivity contribution is 0.241. The van der Waals surface area contributed by atoms with Crippen molar-refractivity contribution in [3.05, 3.63) is 41.2 Å². The monoisotopic (exact) mass is 231 g/mol. The second kappa shape index (κ2) is 4.78. The van der Waals surface area contributed by atoms with Gasteiger partial charge in [-0.25, -0.2) is 0 Å². The first-order valence-corrected chi connectivity index (χ1v) is 5.31. The van der Waals surface area contributed by atoms with Gasteiger partial charge in [0.2, 0.25) is 0 Å². The van der Waals surface area contributed by atoms with E-state index >= 15 is 0 Å². The fraction of sp³-hybridized carbons (Fsp3) is 0.250. The first-order valence-electron chi connectivity index (χ1n) is 5.31. The second-order valence-electron chi connectivity index (χ2n) is 3.89. The molecule has 0 saturated heterocycles. The Kier molecular flexibility index (Phi) is 3.18. The Morgan fingerprint density at radius 3 is 2.65 bits per heavy atom. The van der Waals surface area contributed by atoms with Crippen LogP contribution in [-0.4, -0.2) is 21.1 Å². The molecule has 2 aromatic heterocycles. The Morgan fingerprint density at radius 1 is 1.18 bits per heavy atom. The summed E-state index contributed by atoms with van der Waals surface area (Å²) in [7, 11) is 0. The molecular weight excluding hydrogens is 218 g/mol. The van der Waals surface area contributed by atoms with E-state index in [2.05, 4.69) is 15.0 Å². The summed E-state index contributed by atoms with van der Waals surface area (Å²) in [5.74, 6) is 0.669. The highest BCUT2D eigenvalue weighted by molar-refractivity contribution is 5.58. The third-order valence-electron chi connectivity index (χ3n) is 2.05. The van der Waals surface area contributed by atoms with Crippen LogP contribution in [-0.2, 0) is 0 Å². The van der Waals surface area contributed by atoms with E-state index in [0.717, 1.165) is 5.56 Å². The molecule has 0 amide bonds. The normalized spacial score (nSPS) is 10.5. The molecule has 0 spiro atoms. The molecule has 0 aromatic carbocycles. The van der Waals surface area contributed by atoms with Gasteiger partial charge in [-0.2, -0.15) is 0 Å². The van der Waals surface area contributed by atoms with Crippen molar-refractivity contribution in [3.8, 4) is 17.0 Å². The summed E-state index contributed by atoms with van der Waals surface area (Å²) in [4.78, 5) is 21.8. The van der Waals surface area contributed by atoms with Crippen molar-refractivity contribution in [3.63, 3.8) is 0 Å². The molecule has 88 valence electrons. The van der Waals surface area contributed by atoms with Crippen molar-refractivity contribution < 1.29 is 4.74 Å². The van der Waals surface area contributed by atoms with Gasteiger partial charge in [0.1, 0.15) is 5.75 Å². The van der Waals surface area contributed by atoms with Crippen LogP contribution < -0.4 is 10.3 Å². The van der Waals surface area contributed by atoms with E-state index in [9.17, 15) is 4.79 Å². The van der Waals surface area contributed by atoms with Crippen LogP contribution in [0.2, 0.25) is 0 Å². The smallest absolute Gasteiger partial charge is 0.266 e. The first-order chi connectivity index (χ1) is 8.15. The van der Waals surface area contributed by atoms with Gasteiger partial charge in [-0.1, -0.05) is 0 Å². The van der Waals surface area contributed by atoms with Crippen LogP contribution in [0.1, 0.15) is 13.8 Å². The third-order valence-corrected chi connectivity index (χ3v) is 2.05. The third kappa shape index (κ3) is 2.90. The Balaban J connectivity index is 2.36. The van der Waals surface area contributed by atoms with Crippen LogP contribution >= 0.6 is 0 Å². The van der Waals surface area contributed by atoms with E-state index in [0.29, 0.717) is 11.4 Å². The topological polar surface area (TPSA) is 67.9 Å². The molecule has 0 radical (unpaired) electrons. The number of hydrogen-bond acceptors (Lipinski definition) is 4. The van der Waals surface area contributed by atoms with Crippen molar-refractivity contribution in [1.29, 1.82) is 0 Å². The minimum absolute atomic E-state index is 0.0833. The zero-order valence-electron chi connectivity index (χ0n) is 9.68. The van der Waals surface area contributed by atoms with Crippen molar-refractivity contribution in [2.75, 3.05) is 0 Å². The molecule has 2 rings (SSSR count). The number of nitrogens with zero attached hydrogens (tertiary/aromatic N) is 2. The maximum absolute atomic E-state index is 11.2. The molecule has 2 aromatic rings. The molecule has 5 nitrogen and oxygen atoms in total. The van der Waals surface area contributed by atoms with Crippen molar-refractivity contribution in [1.82, 2.24) is 15.0 Å². The van der Waals surface area contributed by atoms with Gasteiger partial charge in [0.15, 0.2) is 0 Å². The quantitative estimate of drug-likeness (QED) is 0.871. The maximum atomic E-state index is 11.2. The number of ether oxygens (including phenoxy) is 1. The molecule has 0 atom stereocenters. The second-order valence-corrected chi connectivity index (χ2v) is 3.89. The summed E-state index contributed by atoms with van der Waals surface area (Å²) in [5.41, 5.74) is 1.16. The average molecular weight is 231 g/mol. The number of pyridine rings is 1. The van der Waals surface area contributed by atoms with E-state index in [-0.39, 0.29) is 11.7 Å². The summed E-state index contributed by atoms with van der Waals surface area (Å²) in [5, 5.41) is 0. The van der Waals surface area contributed by atoms with Crippen LogP contribution in [0.25, 0.3) is 11.3 Å². The number of rotatable bonds is 3. The maximum Gasteiger partial charge on any atom is 0.266 e. The largest absolute Gasteiger partial charge is 0.489 e. The van der Waals surface area contributed by atoms with Crippen molar-refractivity contribution >= 4 is 0 Å². The lowest BCUT2D eigenvalue weighted by Gasteiger charge is -2.10. The van der Waals surface area contributed by atoms with Gasteiger partial charge in [0, 0.05) is 11.8 Å². The van der Waals surface area contributed by atoms with Crippen LogP contribution in [0, 0.1) is 0 Å². The Bertz CT molecular complexity index is 563. The number of nitrogens with one attached hydrogen (secondary N) is 1. The molecule has 1 N–H and O–H groups in total. The molecule has 5 heteroatoms. The van der Waals surface area contributed by atoms with Gasteiger partial charge in [0.05, 0.1) is 30.4 Å². The molecule has 0 saturated carbocycles. The Morgan fingerprint density at radius 2 is 1.94 bits per heavy atom. The minimum Gasteiger partial charge on any atom is -0.489 e. The van der Waals surface area contributed by atoms with Crippen LogP contribution in [0.3, 0.4) is 0 Å². The lowest BCUT2D eigenvalue weighted by atomic mass is 10.2. The molecule has 2 heterocycles. The van der Waals surface area contributed by atoms with Gasteiger partial charge in [0.25, 0.3) is 5.56 Å². The summed E-state index contributed by atoms with van der Waals surface area (Å²) in [6.07, 6.45) is 6.18. The first kappa shape index (κ1) is 11.3. The van der Waals surface area contributed by atoms with Gasteiger partial charge in [-0.05, 0) is 19.9 Å². The zero-order valence-corrected chi connectivity index (χ0v) is 9.68. The van der Waals surface area contributed by atoms with E-state index < -0.39 is 0 Å². The molecule has 0 aliphatic rings. The fourth-order valence-corrected chi connectivity index (χ4v) is 1.43. The number of hydrogen-bond donors (Lipinski definition) is 1. The highest BCUT2D eigenvalue weighted by atomic mass is 16.5.